The van der Waals surface area contributed by atoms with E-state index in [9.17, 15) is 4.79 Å². The molecule has 0 heterocycles. The van der Waals surface area contributed by atoms with Crippen molar-refractivity contribution in [3.05, 3.63) is 101 Å². The summed E-state index contributed by atoms with van der Waals surface area (Å²) >= 11 is 12.9. The van der Waals surface area contributed by atoms with Crippen LogP contribution in [0.1, 0.15) is 0 Å². The van der Waals surface area contributed by atoms with E-state index in [2.05, 4.69) is 41.7 Å². The SMILES string of the molecule is CN(C)C(=O)NC(=C(Cl)Cl)[P+](c1ccccc1)(c1ccccc1)c1ccccc1.[O-][Cl+3]([O-])([O-])[O-]. The lowest BCUT2D eigenvalue weighted by atomic mass is 10.4. The van der Waals surface area contributed by atoms with Gasteiger partial charge in [-0.3, -0.25) is 5.32 Å². The summed E-state index contributed by atoms with van der Waals surface area (Å²) in [4.78, 5) is 14.1. The van der Waals surface area contributed by atoms with Crippen molar-refractivity contribution in [3.8, 4) is 0 Å². The summed E-state index contributed by atoms with van der Waals surface area (Å²) in [6.07, 6.45) is 0. The van der Waals surface area contributed by atoms with Crippen molar-refractivity contribution < 1.29 is 33.7 Å². The molecule has 0 aliphatic carbocycles. The second-order valence-corrected chi connectivity index (χ2v) is 12.0. The maximum atomic E-state index is 12.7. The third-order valence-corrected chi connectivity index (χ3v) is 9.44. The summed E-state index contributed by atoms with van der Waals surface area (Å²) in [5, 5.41) is 6.14. The minimum Gasteiger partial charge on any atom is -0.331 e. The number of carbonyl (C=O) groups is 1. The molecule has 0 saturated carbocycles. The molecule has 1 N–H and O–H groups in total. The van der Waals surface area contributed by atoms with E-state index in [4.69, 9.17) is 41.8 Å². The van der Waals surface area contributed by atoms with Crippen LogP contribution in [-0.4, -0.2) is 25.0 Å². The van der Waals surface area contributed by atoms with E-state index >= 15 is 0 Å². The molecular formula is C23H22Cl3N2O5P. The molecule has 0 fully saturated rings. The number of urea groups is 1. The molecule has 0 atom stereocenters. The van der Waals surface area contributed by atoms with Crippen LogP contribution in [0.4, 0.5) is 4.79 Å². The third kappa shape index (κ3) is 7.40. The Labute approximate surface area is 210 Å². The van der Waals surface area contributed by atoms with E-state index in [-0.39, 0.29) is 10.5 Å². The van der Waals surface area contributed by atoms with E-state index in [0.717, 1.165) is 15.9 Å². The highest BCUT2D eigenvalue weighted by atomic mass is 35.7. The van der Waals surface area contributed by atoms with Gasteiger partial charge in [-0.1, -0.05) is 77.8 Å². The average Bonchev–Trinajstić information content (AvgIpc) is 2.79. The molecule has 34 heavy (non-hydrogen) atoms. The largest absolute Gasteiger partial charge is 0.331 e. The highest BCUT2D eigenvalue weighted by Gasteiger charge is 2.52. The Balaban J connectivity index is 0.000000739. The predicted molar refractivity (Wildman–Crippen MR) is 126 cm³/mol. The summed E-state index contributed by atoms with van der Waals surface area (Å²) < 4.78 is 34.0. The minimum atomic E-state index is -4.94. The van der Waals surface area contributed by atoms with Gasteiger partial charge in [0.15, 0.2) is 11.8 Å². The van der Waals surface area contributed by atoms with Crippen LogP contribution in [0.25, 0.3) is 0 Å². The molecule has 0 aliphatic rings. The monoisotopic (exact) mass is 542 g/mol. The number of halogens is 3. The number of hydrogen-bond donors (Lipinski definition) is 1. The van der Waals surface area contributed by atoms with Gasteiger partial charge in [0.2, 0.25) is 5.44 Å². The molecule has 0 unspecified atom stereocenters. The van der Waals surface area contributed by atoms with E-state index in [0.29, 0.717) is 5.44 Å². The fourth-order valence-corrected chi connectivity index (χ4v) is 8.16. The van der Waals surface area contributed by atoms with Crippen LogP contribution < -0.4 is 39.9 Å². The molecule has 0 radical (unpaired) electrons. The molecule has 3 aromatic rings. The zero-order valence-electron chi connectivity index (χ0n) is 18.2. The fourth-order valence-electron chi connectivity index (χ4n) is 3.26. The van der Waals surface area contributed by atoms with Crippen molar-refractivity contribution in [2.45, 2.75) is 0 Å². The Hall–Kier alpha value is -2.19. The molecule has 11 heteroatoms. The normalized spacial score (nSPS) is 11.1. The lowest BCUT2D eigenvalue weighted by Crippen LogP contribution is -2.68. The van der Waals surface area contributed by atoms with Crippen molar-refractivity contribution in [1.29, 1.82) is 0 Å². The van der Waals surface area contributed by atoms with Crippen LogP contribution in [-0.2, 0) is 0 Å². The third-order valence-electron chi connectivity index (χ3n) is 4.58. The number of nitrogens with zero attached hydrogens (tertiary/aromatic N) is 1. The van der Waals surface area contributed by atoms with Gasteiger partial charge < -0.3 is 4.90 Å². The molecule has 3 aromatic carbocycles. The maximum absolute atomic E-state index is 12.7. The molecule has 180 valence electrons. The Bertz CT molecular complexity index is 989. The van der Waals surface area contributed by atoms with Gasteiger partial charge in [0.05, 0.1) is 0 Å². The van der Waals surface area contributed by atoms with Crippen LogP contribution >= 0.6 is 30.5 Å². The van der Waals surface area contributed by atoms with Gasteiger partial charge in [-0.25, -0.2) is 23.4 Å². The molecule has 7 nitrogen and oxygen atoms in total. The van der Waals surface area contributed by atoms with E-state index in [1.165, 1.54) is 4.90 Å². The van der Waals surface area contributed by atoms with E-state index in [1.54, 1.807) is 14.1 Å². The number of amides is 2. The summed E-state index contributed by atoms with van der Waals surface area (Å²) in [6, 6.07) is 29.9. The Morgan fingerprint density at radius 3 is 1.26 bits per heavy atom. The van der Waals surface area contributed by atoms with Crippen molar-refractivity contribution in [2.75, 3.05) is 14.1 Å². The molecule has 0 bridgehead atoms. The summed E-state index contributed by atoms with van der Waals surface area (Å²) in [6.45, 7) is 0. The van der Waals surface area contributed by atoms with Crippen LogP contribution in [0.5, 0.6) is 0 Å². The molecule has 3 rings (SSSR count). The molecule has 0 aliphatic heterocycles. The average molecular weight is 544 g/mol. The quantitative estimate of drug-likeness (QED) is 0.457. The zero-order valence-corrected chi connectivity index (χ0v) is 21.4. The maximum Gasteiger partial charge on any atom is 0.323 e. The Morgan fingerprint density at radius 1 is 0.735 bits per heavy atom. The predicted octanol–water partition coefficient (Wildman–Crippen LogP) is 0.0999. The van der Waals surface area contributed by atoms with Crippen LogP contribution in [0.2, 0.25) is 0 Å². The summed E-state index contributed by atoms with van der Waals surface area (Å²) in [5.41, 5.74) is 0.517. The lowest BCUT2D eigenvalue weighted by Gasteiger charge is -2.30. The van der Waals surface area contributed by atoms with Gasteiger partial charge in [-0.05, 0) is 36.4 Å². The van der Waals surface area contributed by atoms with E-state index in [1.807, 2.05) is 54.6 Å². The van der Waals surface area contributed by atoms with Gasteiger partial charge in [0, 0.05) is 14.1 Å². The number of hydrogen-bond acceptors (Lipinski definition) is 5. The van der Waals surface area contributed by atoms with Gasteiger partial charge in [-0.15, -0.1) is 10.2 Å². The van der Waals surface area contributed by atoms with E-state index < -0.39 is 17.5 Å². The number of nitrogens with one attached hydrogen (secondary N) is 1. The summed E-state index contributed by atoms with van der Waals surface area (Å²) in [5.74, 6) is 0. The Kier molecular flexibility index (Phi) is 10.3. The standard InChI is InChI=1S/C23H21Cl2N2OP.ClHO4/c1-27(2)23(28)26-22(21(24)25)29(18-12-6-3-7-13-18,19-14-8-4-9-15-19)20-16-10-5-11-17-20;2-1(3,4)5/h3-17H,1-2H3;(H,2,3,4,5). The summed E-state index contributed by atoms with van der Waals surface area (Å²) in [7, 11) is -4.13. The van der Waals surface area contributed by atoms with Crippen molar-refractivity contribution in [2.24, 2.45) is 0 Å². The second kappa shape index (κ2) is 12.5. The topological polar surface area (TPSA) is 125 Å². The first kappa shape index (κ1) is 28.1. The van der Waals surface area contributed by atoms with Crippen molar-refractivity contribution in [1.82, 2.24) is 10.2 Å². The first-order chi connectivity index (χ1) is 16.0. The van der Waals surface area contributed by atoms with Crippen molar-refractivity contribution in [3.63, 3.8) is 0 Å². The first-order valence-corrected chi connectivity index (χ1v) is 13.5. The van der Waals surface area contributed by atoms with Gasteiger partial charge in [0.25, 0.3) is 0 Å². The van der Waals surface area contributed by atoms with Gasteiger partial charge in [-0.2, -0.15) is 0 Å². The smallest absolute Gasteiger partial charge is 0.323 e. The van der Waals surface area contributed by atoms with Crippen molar-refractivity contribution >= 4 is 52.4 Å². The molecule has 0 aromatic heterocycles. The fraction of sp³-hybridized carbons (Fsp3) is 0.0870. The van der Waals surface area contributed by atoms with Crippen LogP contribution in [0, 0.1) is 10.2 Å². The van der Waals surface area contributed by atoms with Gasteiger partial charge >= 0.3 is 6.03 Å². The highest BCUT2D eigenvalue weighted by molar-refractivity contribution is 7.99. The highest BCUT2D eigenvalue weighted by Crippen LogP contribution is 2.63. The molecule has 0 spiro atoms. The molecule has 2 amide bonds. The number of benzene rings is 3. The zero-order chi connectivity index (χ0) is 25.4. The van der Waals surface area contributed by atoms with Crippen LogP contribution in [0.3, 0.4) is 0 Å². The lowest BCUT2D eigenvalue weighted by molar-refractivity contribution is -2.00. The van der Waals surface area contributed by atoms with Gasteiger partial charge in [0.1, 0.15) is 15.9 Å². The minimum absolute atomic E-state index is 0.0464. The number of rotatable bonds is 5. The molecular weight excluding hydrogens is 522 g/mol. The van der Waals surface area contributed by atoms with Crippen LogP contribution in [0.15, 0.2) is 101 Å². The second-order valence-electron chi connectivity index (χ2n) is 6.99. The first-order valence-electron chi connectivity index (χ1n) is 9.69. The number of carbonyl (C=O) groups excluding carboxylic acids is 1. The Morgan fingerprint density at radius 2 is 1.03 bits per heavy atom. The molecule has 0 saturated heterocycles.